The van der Waals surface area contributed by atoms with E-state index in [2.05, 4.69) is 24.3 Å². The summed E-state index contributed by atoms with van der Waals surface area (Å²) in [5.74, 6) is -2.08. The Bertz CT molecular complexity index is 750. The molecule has 1 aliphatic heterocycles. The van der Waals surface area contributed by atoms with Crippen molar-refractivity contribution in [3.05, 3.63) is 54.1 Å². The highest BCUT2D eigenvalue weighted by molar-refractivity contribution is 5.86. The van der Waals surface area contributed by atoms with Crippen LogP contribution in [0.4, 0.5) is 0 Å². The first-order chi connectivity index (χ1) is 13.1. The number of nitrogens with zero attached hydrogens (tertiary/aromatic N) is 1. The van der Waals surface area contributed by atoms with Crippen LogP contribution >= 0.6 is 0 Å². The number of carboxylic acids is 1. The van der Waals surface area contributed by atoms with E-state index in [-0.39, 0.29) is 17.7 Å². The van der Waals surface area contributed by atoms with Crippen molar-refractivity contribution in [1.82, 2.24) is 4.90 Å². The number of nitrogens with one attached hydrogen (secondary N) is 1. The van der Waals surface area contributed by atoms with Crippen molar-refractivity contribution in [2.45, 2.75) is 6.42 Å². The number of rotatable bonds is 5. The third-order valence-corrected chi connectivity index (χ3v) is 6.32. The Morgan fingerprint density at radius 1 is 1.07 bits per heavy atom. The molecule has 0 radical (unpaired) electrons. The maximum Gasteiger partial charge on any atom is 0.227 e. The Labute approximate surface area is 160 Å². The lowest BCUT2D eigenvalue weighted by Gasteiger charge is -2.36. The second kappa shape index (κ2) is 7.69. The number of benzene rings is 1. The SMILES string of the molecule is O=C([O-])[C@@H]1[C@@H](C(=O)N2CC[NH+](C/C=C/c3ccccc3)CC2)[C@@H]2C=C[C@@H]1C2. The smallest absolute Gasteiger partial charge is 0.227 e. The first kappa shape index (κ1) is 18.0. The van der Waals surface area contributed by atoms with Crippen molar-refractivity contribution in [2.24, 2.45) is 23.7 Å². The number of piperazine rings is 1. The molecule has 1 saturated heterocycles. The summed E-state index contributed by atoms with van der Waals surface area (Å²) in [6.45, 7) is 4.14. The number of carbonyl (C=O) groups is 2. The molecule has 1 saturated carbocycles. The fourth-order valence-corrected chi connectivity index (χ4v) is 4.86. The molecule has 5 nitrogen and oxygen atoms in total. The van der Waals surface area contributed by atoms with Crippen LogP contribution in [-0.2, 0) is 9.59 Å². The van der Waals surface area contributed by atoms with Gasteiger partial charge in [0, 0.05) is 11.9 Å². The molecule has 27 heavy (non-hydrogen) atoms. The molecule has 1 amide bonds. The zero-order valence-electron chi connectivity index (χ0n) is 15.4. The van der Waals surface area contributed by atoms with E-state index < -0.39 is 17.8 Å². The van der Waals surface area contributed by atoms with E-state index in [9.17, 15) is 14.7 Å². The molecule has 142 valence electrons. The number of carbonyl (C=O) groups excluding carboxylic acids is 2. The molecule has 0 spiro atoms. The van der Waals surface area contributed by atoms with Gasteiger partial charge in [0.1, 0.15) is 0 Å². The van der Waals surface area contributed by atoms with Gasteiger partial charge in [0.15, 0.2) is 0 Å². The molecule has 1 N–H and O–H groups in total. The minimum Gasteiger partial charge on any atom is -0.550 e. The summed E-state index contributed by atoms with van der Waals surface area (Å²) in [6, 6.07) is 10.2. The molecular weight excluding hydrogens is 340 g/mol. The van der Waals surface area contributed by atoms with Crippen LogP contribution in [0, 0.1) is 23.7 Å². The molecule has 4 atom stereocenters. The van der Waals surface area contributed by atoms with Gasteiger partial charge in [-0.3, -0.25) is 4.79 Å². The molecule has 0 aromatic heterocycles. The van der Waals surface area contributed by atoms with Gasteiger partial charge in [-0.25, -0.2) is 0 Å². The monoisotopic (exact) mass is 366 g/mol. The molecule has 2 aliphatic carbocycles. The summed E-state index contributed by atoms with van der Waals surface area (Å²) in [4.78, 5) is 27.9. The summed E-state index contributed by atoms with van der Waals surface area (Å²) in [5, 5.41) is 11.5. The standard InChI is InChI=1S/C22H26N2O3/c25-21(19-17-8-9-18(15-17)20(19)22(26)27)24-13-11-23(12-14-24)10-4-7-16-5-2-1-3-6-16/h1-9,17-20H,10-15H2,(H,26,27)/b7-4+/t17-,18-,19+,20+/m1/s1. The van der Waals surface area contributed by atoms with Crippen molar-refractivity contribution in [1.29, 1.82) is 0 Å². The van der Waals surface area contributed by atoms with Crippen LogP contribution in [-0.4, -0.2) is 49.5 Å². The minimum absolute atomic E-state index is 0.0138. The van der Waals surface area contributed by atoms with Gasteiger partial charge in [0.05, 0.1) is 38.6 Å². The molecule has 4 rings (SSSR count). The number of allylic oxidation sites excluding steroid dienone is 2. The van der Waals surface area contributed by atoms with Crippen LogP contribution in [0.2, 0.25) is 0 Å². The van der Waals surface area contributed by atoms with Crippen molar-refractivity contribution in [2.75, 3.05) is 32.7 Å². The van der Waals surface area contributed by atoms with Gasteiger partial charge in [-0.15, -0.1) is 0 Å². The van der Waals surface area contributed by atoms with E-state index in [1.807, 2.05) is 35.3 Å². The van der Waals surface area contributed by atoms with Gasteiger partial charge >= 0.3 is 0 Å². The van der Waals surface area contributed by atoms with Gasteiger partial charge in [-0.2, -0.15) is 0 Å². The summed E-state index contributed by atoms with van der Waals surface area (Å²) in [5.41, 5.74) is 1.20. The minimum atomic E-state index is -1.07. The molecule has 2 fully saturated rings. The van der Waals surface area contributed by atoms with E-state index in [1.54, 1.807) is 0 Å². The molecule has 1 aromatic rings. The van der Waals surface area contributed by atoms with E-state index in [0.29, 0.717) is 13.1 Å². The topological polar surface area (TPSA) is 64.9 Å². The molecule has 5 heteroatoms. The fourth-order valence-electron chi connectivity index (χ4n) is 4.86. The third-order valence-electron chi connectivity index (χ3n) is 6.32. The van der Waals surface area contributed by atoms with Crippen molar-refractivity contribution >= 4 is 18.0 Å². The van der Waals surface area contributed by atoms with E-state index >= 15 is 0 Å². The predicted molar refractivity (Wildman–Crippen MR) is 100 cm³/mol. The Morgan fingerprint density at radius 3 is 2.41 bits per heavy atom. The molecule has 1 aromatic carbocycles. The predicted octanol–water partition coefficient (Wildman–Crippen LogP) is -0.385. The number of carboxylic acid groups (broad SMARTS) is 1. The van der Waals surface area contributed by atoms with Crippen LogP contribution in [0.15, 0.2) is 48.6 Å². The lowest BCUT2D eigenvalue weighted by atomic mass is 9.82. The number of fused-ring (bicyclic) bond motifs is 2. The van der Waals surface area contributed by atoms with Crippen molar-refractivity contribution in [3.63, 3.8) is 0 Å². The van der Waals surface area contributed by atoms with Crippen LogP contribution in [0.1, 0.15) is 12.0 Å². The van der Waals surface area contributed by atoms with E-state index in [0.717, 1.165) is 26.1 Å². The highest BCUT2D eigenvalue weighted by Crippen LogP contribution is 2.48. The average Bonchev–Trinajstić information content (AvgIpc) is 3.30. The second-order valence-corrected chi connectivity index (χ2v) is 7.91. The van der Waals surface area contributed by atoms with Crippen molar-refractivity contribution < 1.29 is 19.6 Å². The van der Waals surface area contributed by atoms with E-state index in [4.69, 9.17) is 0 Å². The lowest BCUT2D eigenvalue weighted by Crippen LogP contribution is -3.14. The Kier molecular flexibility index (Phi) is 5.12. The summed E-state index contributed by atoms with van der Waals surface area (Å²) >= 11 is 0. The first-order valence-electron chi connectivity index (χ1n) is 9.86. The molecule has 2 bridgehead atoms. The van der Waals surface area contributed by atoms with Gasteiger partial charge in [-0.1, -0.05) is 48.6 Å². The molecule has 0 unspecified atom stereocenters. The van der Waals surface area contributed by atoms with Gasteiger partial charge in [0.25, 0.3) is 0 Å². The Morgan fingerprint density at radius 2 is 1.74 bits per heavy atom. The second-order valence-electron chi connectivity index (χ2n) is 7.91. The van der Waals surface area contributed by atoms with Crippen LogP contribution in [0.5, 0.6) is 0 Å². The van der Waals surface area contributed by atoms with Crippen LogP contribution < -0.4 is 10.0 Å². The maximum absolute atomic E-state index is 13.0. The highest BCUT2D eigenvalue weighted by atomic mass is 16.4. The van der Waals surface area contributed by atoms with Gasteiger partial charge in [-0.05, 0) is 29.9 Å². The highest BCUT2D eigenvalue weighted by Gasteiger charge is 2.50. The lowest BCUT2D eigenvalue weighted by molar-refractivity contribution is -0.898. The van der Waals surface area contributed by atoms with Gasteiger partial charge in [0.2, 0.25) is 5.91 Å². The van der Waals surface area contributed by atoms with Gasteiger partial charge < -0.3 is 19.7 Å². The molecular formula is C22H26N2O3. The Hall–Kier alpha value is -2.40. The first-order valence-corrected chi connectivity index (χ1v) is 9.86. The maximum atomic E-state index is 13.0. The van der Waals surface area contributed by atoms with Crippen molar-refractivity contribution in [3.8, 4) is 0 Å². The summed E-state index contributed by atoms with van der Waals surface area (Å²) in [6.07, 6.45) is 9.09. The zero-order chi connectivity index (χ0) is 18.8. The average molecular weight is 366 g/mol. The molecule has 1 heterocycles. The fraction of sp³-hybridized carbons (Fsp3) is 0.455. The number of amides is 1. The normalized spacial score (nSPS) is 30.3. The largest absolute Gasteiger partial charge is 0.550 e. The summed E-state index contributed by atoms with van der Waals surface area (Å²) in [7, 11) is 0. The zero-order valence-corrected chi connectivity index (χ0v) is 15.4. The van der Waals surface area contributed by atoms with Crippen LogP contribution in [0.3, 0.4) is 0 Å². The Balaban J connectivity index is 1.30. The number of hydrogen-bond donors (Lipinski definition) is 1. The molecule has 3 aliphatic rings. The van der Waals surface area contributed by atoms with E-state index in [1.165, 1.54) is 10.5 Å². The number of aliphatic carboxylic acids is 1. The number of quaternary nitrogens is 1. The number of hydrogen-bond acceptors (Lipinski definition) is 3. The summed E-state index contributed by atoms with van der Waals surface area (Å²) < 4.78 is 0. The van der Waals surface area contributed by atoms with Crippen LogP contribution in [0.25, 0.3) is 6.08 Å². The quantitative estimate of drug-likeness (QED) is 0.723. The third kappa shape index (κ3) is 3.69.